The Bertz CT molecular complexity index is 496. The molecule has 2 rings (SSSR count). The molecule has 5 nitrogen and oxygen atoms in total. The van der Waals surface area contributed by atoms with E-state index < -0.39 is 0 Å². The highest BCUT2D eigenvalue weighted by molar-refractivity contribution is 5.98. The van der Waals surface area contributed by atoms with Gasteiger partial charge in [-0.15, -0.1) is 0 Å². The highest BCUT2D eigenvalue weighted by Crippen LogP contribution is 2.24. The average Bonchev–Trinajstić information content (AvgIpc) is 2.54. The molecule has 5 heteroatoms. The summed E-state index contributed by atoms with van der Waals surface area (Å²) in [6, 6.07) is 1.83. The van der Waals surface area contributed by atoms with Gasteiger partial charge in [0.25, 0.3) is 0 Å². The number of amides is 1. The van der Waals surface area contributed by atoms with Crippen molar-refractivity contribution in [1.82, 2.24) is 4.98 Å². The molecule has 1 heterocycles. The molecule has 1 amide bonds. The molecule has 1 aromatic heterocycles. The molecule has 21 heavy (non-hydrogen) atoms. The van der Waals surface area contributed by atoms with Crippen molar-refractivity contribution in [3.8, 4) is 5.88 Å². The molecule has 0 aromatic carbocycles. The second-order valence-electron chi connectivity index (χ2n) is 5.16. The molecule has 1 aliphatic carbocycles. The molecule has 114 valence electrons. The minimum Gasteiger partial charge on any atom is -0.481 e. The van der Waals surface area contributed by atoms with E-state index in [1.165, 1.54) is 25.3 Å². The summed E-state index contributed by atoms with van der Waals surface area (Å²) in [7, 11) is 1.58. The number of pyridine rings is 1. The number of anilines is 1. The van der Waals surface area contributed by atoms with Crippen LogP contribution in [0.25, 0.3) is 0 Å². The van der Waals surface area contributed by atoms with Crippen molar-refractivity contribution in [2.75, 3.05) is 12.4 Å². The van der Waals surface area contributed by atoms with E-state index in [2.05, 4.69) is 16.9 Å². The van der Waals surface area contributed by atoms with Crippen LogP contribution < -0.4 is 10.1 Å². The smallest absolute Gasteiger partial charge is 0.247 e. The standard InChI is InChI=1S/C16H22N2O3/c1-3-15(19)18-13-9-12(16(20-2)17-10-13)11-21-14-7-5-4-6-8-14/h3,9-10,14H,1,4-8,11H2,2H3,(H,18,19). The highest BCUT2D eigenvalue weighted by atomic mass is 16.5. The van der Waals surface area contributed by atoms with Crippen LogP contribution in [-0.4, -0.2) is 24.1 Å². The Morgan fingerprint density at radius 1 is 1.48 bits per heavy atom. The number of carbonyl (C=O) groups excluding carboxylic acids is 1. The summed E-state index contributed by atoms with van der Waals surface area (Å²) in [5.41, 5.74) is 1.45. The Hall–Kier alpha value is -1.88. The van der Waals surface area contributed by atoms with E-state index >= 15 is 0 Å². The van der Waals surface area contributed by atoms with E-state index in [1.54, 1.807) is 13.3 Å². The Kier molecular flexibility index (Phi) is 5.75. The Morgan fingerprint density at radius 3 is 2.90 bits per heavy atom. The number of ether oxygens (including phenoxy) is 2. The maximum Gasteiger partial charge on any atom is 0.247 e. The van der Waals surface area contributed by atoms with Gasteiger partial charge in [-0.2, -0.15) is 0 Å². The lowest BCUT2D eigenvalue weighted by Crippen LogP contribution is -2.17. The predicted octanol–water partition coefficient (Wildman–Crippen LogP) is 3.06. The molecule has 0 saturated heterocycles. The third-order valence-corrected chi connectivity index (χ3v) is 3.60. The van der Waals surface area contributed by atoms with E-state index in [1.807, 2.05) is 6.07 Å². The van der Waals surface area contributed by atoms with Crippen molar-refractivity contribution < 1.29 is 14.3 Å². The first-order valence-electron chi connectivity index (χ1n) is 7.31. The summed E-state index contributed by atoms with van der Waals surface area (Å²) in [5, 5.41) is 2.69. The molecule has 0 radical (unpaired) electrons. The summed E-state index contributed by atoms with van der Waals surface area (Å²) in [4.78, 5) is 15.5. The van der Waals surface area contributed by atoms with Gasteiger partial charge in [0, 0.05) is 5.56 Å². The zero-order chi connectivity index (χ0) is 15.1. The molecule has 1 aromatic rings. The molecule has 0 aliphatic heterocycles. The lowest BCUT2D eigenvalue weighted by molar-refractivity contribution is -0.111. The maximum absolute atomic E-state index is 11.3. The Labute approximate surface area is 125 Å². The summed E-state index contributed by atoms with van der Waals surface area (Å²) in [6.45, 7) is 3.87. The van der Waals surface area contributed by atoms with Crippen molar-refractivity contribution in [3.05, 3.63) is 30.5 Å². The van der Waals surface area contributed by atoms with Crippen LogP contribution in [0.1, 0.15) is 37.7 Å². The lowest BCUT2D eigenvalue weighted by Gasteiger charge is -2.22. The van der Waals surface area contributed by atoms with Gasteiger partial charge in [0.15, 0.2) is 0 Å². The first-order valence-corrected chi connectivity index (χ1v) is 7.31. The third kappa shape index (κ3) is 4.56. The number of hydrogen-bond acceptors (Lipinski definition) is 4. The van der Waals surface area contributed by atoms with Crippen molar-refractivity contribution in [2.45, 2.75) is 44.8 Å². The number of nitrogens with one attached hydrogen (secondary N) is 1. The fraction of sp³-hybridized carbons (Fsp3) is 0.500. The molecule has 1 saturated carbocycles. The van der Waals surface area contributed by atoms with Gasteiger partial charge in [-0.25, -0.2) is 4.98 Å². The van der Waals surface area contributed by atoms with Crippen LogP contribution in [0.5, 0.6) is 5.88 Å². The number of nitrogens with zero attached hydrogens (tertiary/aromatic N) is 1. The SMILES string of the molecule is C=CC(=O)Nc1cnc(OC)c(COC2CCCCC2)c1. The van der Waals surface area contributed by atoms with Crippen LogP contribution in [0.4, 0.5) is 5.69 Å². The highest BCUT2D eigenvalue weighted by Gasteiger charge is 2.15. The summed E-state index contributed by atoms with van der Waals surface area (Å²) in [6.07, 6.45) is 9.09. The molecule has 0 spiro atoms. The summed E-state index contributed by atoms with van der Waals surface area (Å²) < 4.78 is 11.2. The fourth-order valence-electron chi connectivity index (χ4n) is 2.49. The van der Waals surface area contributed by atoms with Gasteiger partial charge < -0.3 is 14.8 Å². The molecular weight excluding hydrogens is 268 g/mol. The normalized spacial score (nSPS) is 15.5. The molecule has 1 aliphatic rings. The van der Waals surface area contributed by atoms with Crippen LogP contribution in [0.3, 0.4) is 0 Å². The number of hydrogen-bond donors (Lipinski definition) is 1. The van der Waals surface area contributed by atoms with Crippen molar-refractivity contribution >= 4 is 11.6 Å². The molecule has 0 unspecified atom stereocenters. The Balaban J connectivity index is 2.02. The zero-order valence-corrected chi connectivity index (χ0v) is 12.4. The van der Waals surface area contributed by atoms with E-state index in [-0.39, 0.29) is 5.91 Å². The van der Waals surface area contributed by atoms with Gasteiger partial charge in [0.1, 0.15) is 0 Å². The number of aromatic nitrogens is 1. The van der Waals surface area contributed by atoms with E-state index in [4.69, 9.17) is 9.47 Å². The maximum atomic E-state index is 11.3. The van der Waals surface area contributed by atoms with Gasteiger partial charge in [-0.05, 0) is 25.0 Å². The van der Waals surface area contributed by atoms with E-state index in [0.29, 0.717) is 24.3 Å². The van der Waals surface area contributed by atoms with Crippen LogP contribution in [0.2, 0.25) is 0 Å². The number of methoxy groups -OCH3 is 1. The summed E-state index contributed by atoms with van der Waals surface area (Å²) >= 11 is 0. The molecule has 0 atom stereocenters. The molecule has 1 fully saturated rings. The third-order valence-electron chi connectivity index (χ3n) is 3.60. The minimum absolute atomic E-state index is 0.263. The largest absolute Gasteiger partial charge is 0.481 e. The van der Waals surface area contributed by atoms with Gasteiger partial charge in [0.2, 0.25) is 11.8 Å². The summed E-state index contributed by atoms with van der Waals surface area (Å²) in [5.74, 6) is 0.267. The van der Waals surface area contributed by atoms with Crippen LogP contribution >= 0.6 is 0 Å². The van der Waals surface area contributed by atoms with Crippen molar-refractivity contribution in [2.24, 2.45) is 0 Å². The first kappa shape index (κ1) is 15.5. The first-order chi connectivity index (χ1) is 10.2. The second kappa shape index (κ2) is 7.78. The minimum atomic E-state index is -0.263. The lowest BCUT2D eigenvalue weighted by atomic mass is 9.98. The zero-order valence-electron chi connectivity index (χ0n) is 12.4. The molecular formula is C16H22N2O3. The quantitative estimate of drug-likeness (QED) is 0.818. The number of carbonyl (C=O) groups is 1. The van der Waals surface area contributed by atoms with Crippen LogP contribution in [-0.2, 0) is 16.1 Å². The van der Waals surface area contributed by atoms with Gasteiger partial charge >= 0.3 is 0 Å². The van der Waals surface area contributed by atoms with Gasteiger partial charge in [-0.1, -0.05) is 25.8 Å². The molecule has 0 bridgehead atoms. The Morgan fingerprint density at radius 2 is 2.24 bits per heavy atom. The topological polar surface area (TPSA) is 60.5 Å². The van der Waals surface area contributed by atoms with Crippen LogP contribution in [0.15, 0.2) is 24.9 Å². The second-order valence-corrected chi connectivity index (χ2v) is 5.16. The van der Waals surface area contributed by atoms with Gasteiger partial charge in [0.05, 0.1) is 31.7 Å². The van der Waals surface area contributed by atoms with E-state index in [0.717, 1.165) is 18.4 Å². The predicted molar refractivity (Wildman–Crippen MR) is 81.3 cm³/mol. The monoisotopic (exact) mass is 290 g/mol. The number of rotatable bonds is 6. The van der Waals surface area contributed by atoms with Crippen LogP contribution in [0, 0.1) is 0 Å². The van der Waals surface area contributed by atoms with E-state index in [9.17, 15) is 4.79 Å². The van der Waals surface area contributed by atoms with Crippen molar-refractivity contribution in [1.29, 1.82) is 0 Å². The molecule has 1 N–H and O–H groups in total. The van der Waals surface area contributed by atoms with Crippen molar-refractivity contribution in [3.63, 3.8) is 0 Å². The fourth-order valence-corrected chi connectivity index (χ4v) is 2.49. The average molecular weight is 290 g/mol. The van der Waals surface area contributed by atoms with Gasteiger partial charge in [-0.3, -0.25) is 4.79 Å².